The van der Waals surface area contributed by atoms with Gasteiger partial charge in [-0.3, -0.25) is 4.79 Å². The van der Waals surface area contributed by atoms with Crippen molar-refractivity contribution in [2.45, 2.75) is 40.2 Å². The molecule has 0 spiro atoms. The Hall–Kier alpha value is -2.63. The monoisotopic (exact) mass is 328 g/mol. The Morgan fingerprint density at radius 3 is 2.50 bits per heavy atom. The third-order valence-electron chi connectivity index (χ3n) is 3.71. The van der Waals surface area contributed by atoms with Crippen LogP contribution in [0.25, 0.3) is 11.3 Å². The van der Waals surface area contributed by atoms with Crippen LogP contribution in [-0.2, 0) is 0 Å². The van der Waals surface area contributed by atoms with Crippen LogP contribution in [0.3, 0.4) is 0 Å². The molecule has 3 N–H and O–H groups in total. The Morgan fingerprint density at radius 1 is 1.25 bits per heavy atom. The summed E-state index contributed by atoms with van der Waals surface area (Å²) in [6, 6.07) is 7.50. The van der Waals surface area contributed by atoms with Crippen molar-refractivity contribution in [3.05, 3.63) is 35.5 Å². The molecule has 0 saturated heterocycles. The molecule has 0 aliphatic carbocycles. The number of rotatable bonds is 6. The Labute approximate surface area is 142 Å². The number of nitrogens with two attached hydrogens (primary N) is 1. The van der Waals surface area contributed by atoms with Crippen LogP contribution in [0.2, 0.25) is 0 Å². The van der Waals surface area contributed by atoms with E-state index in [2.05, 4.69) is 22.2 Å². The molecule has 128 valence electrons. The Bertz CT molecular complexity index is 714. The molecular formula is C18H24N4O2. The summed E-state index contributed by atoms with van der Waals surface area (Å²) in [5.74, 6) is 0.729. The van der Waals surface area contributed by atoms with E-state index in [0.29, 0.717) is 23.5 Å². The van der Waals surface area contributed by atoms with Gasteiger partial charge in [0.05, 0.1) is 23.1 Å². The van der Waals surface area contributed by atoms with Crippen LogP contribution < -0.4 is 15.8 Å². The fourth-order valence-electron chi connectivity index (χ4n) is 2.33. The van der Waals surface area contributed by atoms with Crippen LogP contribution in [0.5, 0.6) is 5.75 Å². The number of carbonyl (C=O) groups is 1. The number of amides is 1. The first-order chi connectivity index (χ1) is 11.5. The lowest BCUT2D eigenvalue weighted by Crippen LogP contribution is -2.25. The molecule has 1 unspecified atom stereocenters. The molecule has 2 aromatic rings. The van der Waals surface area contributed by atoms with Crippen molar-refractivity contribution in [1.82, 2.24) is 15.3 Å². The van der Waals surface area contributed by atoms with Gasteiger partial charge in [-0.2, -0.15) is 0 Å². The number of carbonyl (C=O) groups excluding carboxylic acids is 1. The summed E-state index contributed by atoms with van der Waals surface area (Å²) in [5.41, 5.74) is 8.10. The van der Waals surface area contributed by atoms with Crippen LogP contribution in [0.15, 0.2) is 24.3 Å². The minimum absolute atomic E-state index is 0.149. The number of nitrogens with one attached hydrogen (secondary N) is 1. The Kier molecular flexibility index (Phi) is 5.73. The topological polar surface area (TPSA) is 90.1 Å². The molecule has 6 nitrogen and oxygen atoms in total. The highest BCUT2D eigenvalue weighted by atomic mass is 16.5. The zero-order chi connectivity index (χ0) is 17.7. The smallest absolute Gasteiger partial charge is 0.255 e. The first kappa shape index (κ1) is 17.7. The van der Waals surface area contributed by atoms with Crippen molar-refractivity contribution in [2.75, 3.05) is 12.3 Å². The normalized spacial score (nSPS) is 11.8. The molecule has 24 heavy (non-hydrogen) atoms. The first-order valence-electron chi connectivity index (χ1n) is 8.15. The molecular weight excluding hydrogens is 304 g/mol. The number of benzene rings is 1. The molecule has 1 atom stereocenters. The van der Waals surface area contributed by atoms with E-state index in [1.54, 1.807) is 6.92 Å². The number of hydrogen-bond acceptors (Lipinski definition) is 5. The van der Waals surface area contributed by atoms with E-state index in [4.69, 9.17) is 10.5 Å². The standard InChI is InChI=1S/C18H24N4O2/c1-5-11(3)24-14-9-7-13(8-10-14)16-15(17(23)20-6-2)12(4)21-18(19)22-16/h7-11H,5-6H2,1-4H3,(H,20,23)(H2,19,21,22). The maximum absolute atomic E-state index is 12.4. The third kappa shape index (κ3) is 4.01. The number of anilines is 1. The predicted molar refractivity (Wildman–Crippen MR) is 95.0 cm³/mol. The summed E-state index contributed by atoms with van der Waals surface area (Å²) in [5, 5.41) is 2.79. The van der Waals surface area contributed by atoms with Gasteiger partial charge < -0.3 is 15.8 Å². The molecule has 6 heteroatoms. The van der Waals surface area contributed by atoms with E-state index < -0.39 is 0 Å². The second-order valence-corrected chi connectivity index (χ2v) is 5.61. The van der Waals surface area contributed by atoms with Gasteiger partial charge in [-0.05, 0) is 51.5 Å². The van der Waals surface area contributed by atoms with Crippen molar-refractivity contribution in [2.24, 2.45) is 0 Å². The van der Waals surface area contributed by atoms with Gasteiger partial charge in [0.15, 0.2) is 0 Å². The molecule has 1 amide bonds. The minimum atomic E-state index is -0.204. The average molecular weight is 328 g/mol. The van der Waals surface area contributed by atoms with Crippen molar-refractivity contribution in [3.63, 3.8) is 0 Å². The zero-order valence-corrected chi connectivity index (χ0v) is 14.6. The van der Waals surface area contributed by atoms with Gasteiger partial charge in [0.2, 0.25) is 5.95 Å². The predicted octanol–water partition coefficient (Wildman–Crippen LogP) is 2.96. The van der Waals surface area contributed by atoms with E-state index in [9.17, 15) is 4.79 Å². The number of aromatic nitrogens is 2. The summed E-state index contributed by atoms with van der Waals surface area (Å²) in [6.07, 6.45) is 1.09. The summed E-state index contributed by atoms with van der Waals surface area (Å²) in [7, 11) is 0. The minimum Gasteiger partial charge on any atom is -0.491 e. The largest absolute Gasteiger partial charge is 0.491 e. The van der Waals surface area contributed by atoms with Crippen molar-refractivity contribution >= 4 is 11.9 Å². The van der Waals surface area contributed by atoms with Crippen molar-refractivity contribution in [1.29, 1.82) is 0 Å². The maximum Gasteiger partial charge on any atom is 0.255 e. The number of nitrogens with zero attached hydrogens (tertiary/aromatic N) is 2. The van der Waals surface area contributed by atoms with Crippen LogP contribution in [-0.4, -0.2) is 28.5 Å². The van der Waals surface area contributed by atoms with E-state index in [1.807, 2.05) is 38.1 Å². The molecule has 0 fully saturated rings. The quantitative estimate of drug-likeness (QED) is 0.851. The lowest BCUT2D eigenvalue weighted by atomic mass is 10.0. The van der Waals surface area contributed by atoms with Crippen LogP contribution >= 0.6 is 0 Å². The molecule has 1 aromatic carbocycles. The van der Waals surface area contributed by atoms with Gasteiger partial charge in [0.25, 0.3) is 5.91 Å². The van der Waals surface area contributed by atoms with Crippen LogP contribution in [0.1, 0.15) is 43.2 Å². The van der Waals surface area contributed by atoms with Crippen molar-refractivity contribution < 1.29 is 9.53 Å². The lowest BCUT2D eigenvalue weighted by Gasteiger charge is -2.14. The van der Waals surface area contributed by atoms with Crippen LogP contribution in [0.4, 0.5) is 5.95 Å². The fourth-order valence-corrected chi connectivity index (χ4v) is 2.33. The highest BCUT2D eigenvalue weighted by molar-refractivity contribution is 6.01. The second-order valence-electron chi connectivity index (χ2n) is 5.61. The van der Waals surface area contributed by atoms with E-state index >= 15 is 0 Å². The maximum atomic E-state index is 12.4. The van der Waals surface area contributed by atoms with E-state index in [-0.39, 0.29) is 18.0 Å². The van der Waals surface area contributed by atoms with Gasteiger partial charge >= 0.3 is 0 Å². The molecule has 1 aromatic heterocycles. The highest BCUT2D eigenvalue weighted by Gasteiger charge is 2.19. The summed E-state index contributed by atoms with van der Waals surface area (Å²) in [4.78, 5) is 20.8. The summed E-state index contributed by atoms with van der Waals surface area (Å²) in [6.45, 7) is 8.25. The highest BCUT2D eigenvalue weighted by Crippen LogP contribution is 2.26. The fraction of sp³-hybridized carbons (Fsp3) is 0.389. The second kappa shape index (κ2) is 7.77. The zero-order valence-electron chi connectivity index (χ0n) is 14.6. The Balaban J connectivity index is 2.42. The summed E-state index contributed by atoms with van der Waals surface area (Å²) >= 11 is 0. The number of nitrogen functional groups attached to an aromatic ring is 1. The first-order valence-corrected chi connectivity index (χ1v) is 8.15. The summed E-state index contributed by atoms with van der Waals surface area (Å²) < 4.78 is 5.78. The van der Waals surface area contributed by atoms with Gasteiger partial charge in [-0.25, -0.2) is 9.97 Å². The van der Waals surface area contributed by atoms with Gasteiger partial charge in [0.1, 0.15) is 5.75 Å². The van der Waals surface area contributed by atoms with Gasteiger partial charge in [0, 0.05) is 12.1 Å². The third-order valence-corrected chi connectivity index (χ3v) is 3.71. The average Bonchev–Trinajstić information content (AvgIpc) is 2.54. The number of hydrogen-bond donors (Lipinski definition) is 2. The molecule has 0 radical (unpaired) electrons. The van der Waals surface area contributed by atoms with E-state index in [0.717, 1.165) is 17.7 Å². The molecule has 0 saturated carbocycles. The Morgan fingerprint density at radius 2 is 1.92 bits per heavy atom. The molecule has 2 rings (SSSR count). The van der Waals surface area contributed by atoms with Crippen LogP contribution in [0, 0.1) is 6.92 Å². The number of aryl methyl sites for hydroxylation is 1. The van der Waals surface area contributed by atoms with Gasteiger partial charge in [-0.15, -0.1) is 0 Å². The van der Waals surface area contributed by atoms with E-state index in [1.165, 1.54) is 0 Å². The molecule has 0 aliphatic heterocycles. The van der Waals surface area contributed by atoms with Gasteiger partial charge in [-0.1, -0.05) is 6.92 Å². The SMILES string of the molecule is CCNC(=O)c1c(C)nc(N)nc1-c1ccc(OC(C)CC)cc1. The molecule has 0 aliphatic rings. The molecule has 1 heterocycles. The number of ether oxygens (including phenoxy) is 1. The van der Waals surface area contributed by atoms with Crippen molar-refractivity contribution in [3.8, 4) is 17.0 Å². The lowest BCUT2D eigenvalue weighted by molar-refractivity contribution is 0.0955. The molecule has 0 bridgehead atoms.